The van der Waals surface area contributed by atoms with Crippen LogP contribution in [0.25, 0.3) is 0 Å². The number of carbonyl (C=O) groups excluding carboxylic acids is 2. The number of rotatable bonds is 4. The number of hydrogen-bond donors (Lipinski definition) is 1. The number of carbonyl (C=O) groups is 2. The molecule has 0 saturated heterocycles. The number of amides is 2. The van der Waals surface area contributed by atoms with Gasteiger partial charge in [-0.25, -0.2) is 0 Å². The molecule has 0 radical (unpaired) electrons. The van der Waals surface area contributed by atoms with E-state index in [1.807, 2.05) is 11.4 Å². The molecule has 2 aromatic rings. The Morgan fingerprint density at radius 1 is 1.48 bits per heavy atom. The highest BCUT2D eigenvalue weighted by Crippen LogP contribution is 2.36. The van der Waals surface area contributed by atoms with Gasteiger partial charge >= 0.3 is 0 Å². The monoisotopic (exact) mass is 328 g/mol. The lowest BCUT2D eigenvalue weighted by molar-refractivity contribution is -0.125. The minimum absolute atomic E-state index is 0.104. The molecule has 118 valence electrons. The third kappa shape index (κ3) is 2.98. The van der Waals surface area contributed by atoms with Crippen LogP contribution >= 0.6 is 11.3 Å². The molecule has 1 N–H and O–H groups in total. The summed E-state index contributed by atoms with van der Waals surface area (Å²) in [5, 5.41) is 4.69. The largest absolute Gasteiger partial charge is 0.479 e. The fourth-order valence-corrected chi connectivity index (χ4v) is 3.03. The molecule has 0 spiro atoms. The zero-order valence-electron chi connectivity index (χ0n) is 12.6. The average Bonchev–Trinajstić information content (AvgIpc) is 3.06. The third-order valence-electron chi connectivity index (χ3n) is 3.48. The van der Waals surface area contributed by atoms with Gasteiger partial charge in [0, 0.05) is 18.3 Å². The Morgan fingerprint density at radius 2 is 2.30 bits per heavy atom. The summed E-state index contributed by atoms with van der Waals surface area (Å²) in [7, 11) is 0. The van der Waals surface area contributed by atoms with E-state index >= 15 is 0 Å². The van der Waals surface area contributed by atoms with Crippen molar-refractivity contribution in [2.24, 2.45) is 0 Å². The van der Waals surface area contributed by atoms with Gasteiger partial charge in [-0.1, -0.05) is 12.1 Å². The average molecular weight is 328 g/mol. The lowest BCUT2D eigenvalue weighted by Crippen LogP contribution is -2.44. The van der Waals surface area contributed by atoms with Gasteiger partial charge in [0.05, 0.1) is 10.6 Å². The predicted molar refractivity (Wildman–Crippen MR) is 91.4 cm³/mol. The molecule has 0 bridgehead atoms. The minimum Gasteiger partial charge on any atom is -0.479 e. The van der Waals surface area contributed by atoms with Crippen molar-refractivity contribution in [2.75, 3.05) is 16.8 Å². The second kappa shape index (κ2) is 6.26. The number of nitrogens with one attached hydrogen (secondary N) is 1. The minimum atomic E-state index is -0.564. The molecule has 1 aromatic carbocycles. The first-order valence-corrected chi connectivity index (χ1v) is 8.06. The van der Waals surface area contributed by atoms with Crippen LogP contribution < -0.4 is 15.0 Å². The Hall–Kier alpha value is -2.60. The van der Waals surface area contributed by atoms with E-state index in [9.17, 15) is 9.59 Å². The second-order valence-corrected chi connectivity index (χ2v) is 6.06. The van der Waals surface area contributed by atoms with E-state index in [1.54, 1.807) is 42.2 Å². The van der Waals surface area contributed by atoms with Gasteiger partial charge in [0.25, 0.3) is 11.8 Å². The molecule has 0 fully saturated rings. The van der Waals surface area contributed by atoms with Crippen molar-refractivity contribution in [3.05, 3.63) is 53.2 Å². The first kappa shape index (κ1) is 15.3. The van der Waals surface area contributed by atoms with Crippen LogP contribution in [-0.4, -0.2) is 24.5 Å². The summed E-state index contributed by atoms with van der Waals surface area (Å²) in [5.74, 6) is 0.304. The van der Waals surface area contributed by atoms with Gasteiger partial charge in [-0.05, 0) is 30.5 Å². The van der Waals surface area contributed by atoms with Crippen molar-refractivity contribution >= 4 is 34.5 Å². The lowest BCUT2D eigenvalue weighted by Gasteiger charge is -2.32. The summed E-state index contributed by atoms with van der Waals surface area (Å²) in [6.45, 7) is 5.81. The maximum Gasteiger partial charge on any atom is 0.268 e. The number of hydrogen-bond acceptors (Lipinski definition) is 4. The zero-order valence-corrected chi connectivity index (χ0v) is 13.4. The van der Waals surface area contributed by atoms with E-state index < -0.39 is 6.10 Å². The highest BCUT2D eigenvalue weighted by molar-refractivity contribution is 7.12. The Morgan fingerprint density at radius 3 is 3.00 bits per heavy atom. The van der Waals surface area contributed by atoms with E-state index in [0.717, 1.165) is 0 Å². The maximum atomic E-state index is 12.2. The molecule has 0 saturated carbocycles. The molecule has 6 heteroatoms. The Balaban J connectivity index is 1.87. The van der Waals surface area contributed by atoms with Gasteiger partial charge in [-0.2, -0.15) is 0 Å². The molecule has 2 amide bonds. The standard InChI is InChI=1S/C17H16N2O3S/c1-3-8-19-13-7-6-12(10-14(13)22-11(2)17(19)21)18-16(20)15-5-4-9-23-15/h3-7,9-11H,1,8H2,2H3,(H,18,20). The van der Waals surface area contributed by atoms with Crippen molar-refractivity contribution in [3.8, 4) is 5.75 Å². The summed E-state index contributed by atoms with van der Waals surface area (Å²) >= 11 is 1.38. The number of fused-ring (bicyclic) bond motifs is 1. The van der Waals surface area contributed by atoms with Crippen molar-refractivity contribution in [1.29, 1.82) is 0 Å². The van der Waals surface area contributed by atoms with Crippen LogP contribution in [0.5, 0.6) is 5.75 Å². The Bertz CT molecular complexity index is 755. The summed E-state index contributed by atoms with van der Waals surface area (Å²) in [6.07, 6.45) is 1.11. The summed E-state index contributed by atoms with van der Waals surface area (Å²) in [4.78, 5) is 26.6. The SMILES string of the molecule is C=CCN1C(=O)C(C)Oc2cc(NC(=O)c3cccs3)ccc21. The third-order valence-corrected chi connectivity index (χ3v) is 4.35. The van der Waals surface area contributed by atoms with Crippen LogP contribution in [0.15, 0.2) is 48.4 Å². The molecule has 1 atom stereocenters. The molecule has 1 aliphatic heterocycles. The smallest absolute Gasteiger partial charge is 0.268 e. The van der Waals surface area contributed by atoms with Crippen molar-refractivity contribution in [3.63, 3.8) is 0 Å². The quantitative estimate of drug-likeness (QED) is 0.876. The van der Waals surface area contributed by atoms with Crippen molar-refractivity contribution in [1.82, 2.24) is 0 Å². The van der Waals surface area contributed by atoms with Gasteiger partial charge in [-0.3, -0.25) is 9.59 Å². The molecule has 3 rings (SSSR count). The maximum absolute atomic E-state index is 12.2. The topological polar surface area (TPSA) is 58.6 Å². The van der Waals surface area contributed by atoms with Crippen LogP contribution in [0, 0.1) is 0 Å². The van der Waals surface area contributed by atoms with Crippen LogP contribution in [0.2, 0.25) is 0 Å². The highest BCUT2D eigenvalue weighted by atomic mass is 32.1. The number of benzene rings is 1. The van der Waals surface area contributed by atoms with Crippen LogP contribution in [0.4, 0.5) is 11.4 Å². The highest BCUT2D eigenvalue weighted by Gasteiger charge is 2.30. The van der Waals surface area contributed by atoms with Crippen LogP contribution in [0.1, 0.15) is 16.6 Å². The van der Waals surface area contributed by atoms with Gasteiger partial charge in [0.1, 0.15) is 5.75 Å². The second-order valence-electron chi connectivity index (χ2n) is 5.11. The molecule has 5 nitrogen and oxygen atoms in total. The van der Waals surface area contributed by atoms with Gasteiger partial charge < -0.3 is 15.0 Å². The fraction of sp³-hybridized carbons (Fsp3) is 0.176. The molecule has 1 aliphatic rings. The lowest BCUT2D eigenvalue weighted by atomic mass is 10.1. The van der Waals surface area contributed by atoms with E-state index in [4.69, 9.17) is 4.74 Å². The van der Waals surface area contributed by atoms with Crippen molar-refractivity contribution < 1.29 is 14.3 Å². The van der Waals surface area contributed by atoms with Crippen molar-refractivity contribution in [2.45, 2.75) is 13.0 Å². The summed E-state index contributed by atoms with van der Waals surface area (Å²) in [6, 6.07) is 8.86. The zero-order chi connectivity index (χ0) is 16.4. The van der Waals surface area contributed by atoms with E-state index in [0.29, 0.717) is 28.5 Å². The Labute approximate surface area is 138 Å². The first-order valence-electron chi connectivity index (χ1n) is 7.18. The molecule has 1 aromatic heterocycles. The predicted octanol–water partition coefficient (Wildman–Crippen LogP) is 3.30. The number of thiophene rings is 1. The molecule has 0 aliphatic carbocycles. The first-order chi connectivity index (χ1) is 11.1. The fourth-order valence-electron chi connectivity index (χ4n) is 2.41. The number of ether oxygens (including phenoxy) is 1. The van der Waals surface area contributed by atoms with E-state index in [2.05, 4.69) is 11.9 Å². The molecular weight excluding hydrogens is 312 g/mol. The van der Waals surface area contributed by atoms with Gasteiger partial charge in [0.2, 0.25) is 0 Å². The Kier molecular flexibility index (Phi) is 4.16. The van der Waals surface area contributed by atoms with Crippen LogP contribution in [-0.2, 0) is 4.79 Å². The van der Waals surface area contributed by atoms with Crippen LogP contribution in [0.3, 0.4) is 0 Å². The molecular formula is C17H16N2O3S. The number of anilines is 2. The summed E-state index contributed by atoms with van der Waals surface area (Å²) in [5.41, 5.74) is 1.31. The molecule has 1 unspecified atom stereocenters. The van der Waals surface area contributed by atoms with E-state index in [-0.39, 0.29) is 11.8 Å². The number of nitrogens with zero attached hydrogens (tertiary/aromatic N) is 1. The molecule has 23 heavy (non-hydrogen) atoms. The summed E-state index contributed by atoms with van der Waals surface area (Å²) < 4.78 is 5.66. The van der Waals surface area contributed by atoms with Gasteiger partial charge in [-0.15, -0.1) is 17.9 Å². The molecule has 2 heterocycles. The van der Waals surface area contributed by atoms with E-state index in [1.165, 1.54) is 11.3 Å². The van der Waals surface area contributed by atoms with Gasteiger partial charge in [0.15, 0.2) is 6.10 Å². The normalized spacial score (nSPS) is 16.5.